The molecule has 0 aliphatic carbocycles. The van der Waals surface area contributed by atoms with Crippen molar-refractivity contribution in [3.8, 4) is 0 Å². The van der Waals surface area contributed by atoms with Crippen LogP contribution in [0.5, 0.6) is 0 Å². The minimum absolute atomic E-state index is 0.210. The van der Waals surface area contributed by atoms with Crippen LogP contribution in [0.3, 0.4) is 0 Å². The SMILES string of the molecule is CCC(N)c1nc(C(=O)NCCCCc2ccccc2)co1. The van der Waals surface area contributed by atoms with Gasteiger partial charge >= 0.3 is 0 Å². The number of unbranched alkanes of at least 4 members (excludes halogenated alkanes) is 1. The number of carbonyl (C=O) groups excluding carboxylic acids is 1. The van der Waals surface area contributed by atoms with Crippen molar-refractivity contribution < 1.29 is 9.21 Å². The molecule has 1 amide bonds. The second-order valence-electron chi connectivity index (χ2n) is 5.28. The van der Waals surface area contributed by atoms with Crippen LogP contribution in [0, 0.1) is 0 Å². The predicted molar refractivity (Wildman–Crippen MR) is 85.4 cm³/mol. The molecule has 0 aliphatic heterocycles. The van der Waals surface area contributed by atoms with E-state index in [1.165, 1.54) is 11.8 Å². The lowest BCUT2D eigenvalue weighted by Gasteiger charge is -2.04. The second-order valence-corrected chi connectivity index (χ2v) is 5.28. The van der Waals surface area contributed by atoms with Gasteiger partial charge in [-0.3, -0.25) is 4.79 Å². The normalized spacial score (nSPS) is 12.1. The number of nitrogens with one attached hydrogen (secondary N) is 1. The molecule has 3 N–H and O–H groups in total. The zero-order valence-electron chi connectivity index (χ0n) is 12.9. The number of aryl methyl sites for hydroxylation is 1. The quantitative estimate of drug-likeness (QED) is 0.735. The summed E-state index contributed by atoms with van der Waals surface area (Å²) in [5.74, 6) is 0.203. The number of oxazole rings is 1. The third-order valence-electron chi connectivity index (χ3n) is 3.53. The number of amides is 1. The molecule has 0 fully saturated rings. The third-order valence-corrected chi connectivity index (χ3v) is 3.53. The van der Waals surface area contributed by atoms with Crippen LogP contribution in [-0.2, 0) is 6.42 Å². The zero-order chi connectivity index (χ0) is 15.8. The molecule has 1 unspecified atom stereocenters. The Morgan fingerprint density at radius 3 is 2.82 bits per heavy atom. The van der Waals surface area contributed by atoms with Gasteiger partial charge in [0.05, 0.1) is 6.04 Å². The molecule has 2 aromatic rings. The number of aromatic nitrogens is 1. The van der Waals surface area contributed by atoms with Crippen molar-refractivity contribution in [3.63, 3.8) is 0 Å². The van der Waals surface area contributed by atoms with Crippen molar-refractivity contribution in [2.24, 2.45) is 5.73 Å². The van der Waals surface area contributed by atoms with Crippen molar-refractivity contribution in [1.29, 1.82) is 0 Å². The first kappa shape index (κ1) is 16.2. The molecule has 0 radical (unpaired) electrons. The van der Waals surface area contributed by atoms with Crippen LogP contribution in [0.1, 0.15) is 54.2 Å². The maximum absolute atomic E-state index is 11.9. The number of hydrogen-bond acceptors (Lipinski definition) is 4. The average Bonchev–Trinajstić information content (AvgIpc) is 3.04. The Morgan fingerprint density at radius 1 is 1.32 bits per heavy atom. The molecular formula is C17H23N3O2. The smallest absolute Gasteiger partial charge is 0.273 e. The van der Waals surface area contributed by atoms with E-state index in [-0.39, 0.29) is 11.9 Å². The van der Waals surface area contributed by atoms with Gasteiger partial charge in [-0.25, -0.2) is 4.98 Å². The lowest BCUT2D eigenvalue weighted by atomic mass is 10.1. The summed E-state index contributed by atoms with van der Waals surface area (Å²) in [5.41, 5.74) is 7.43. The summed E-state index contributed by atoms with van der Waals surface area (Å²) in [5, 5.41) is 2.85. The molecule has 0 saturated carbocycles. The summed E-state index contributed by atoms with van der Waals surface area (Å²) in [6.45, 7) is 2.58. The third kappa shape index (κ3) is 4.70. The Kier molecular flexibility index (Phi) is 6.15. The summed E-state index contributed by atoms with van der Waals surface area (Å²) < 4.78 is 5.23. The van der Waals surface area contributed by atoms with Gasteiger partial charge in [0.15, 0.2) is 5.69 Å². The highest BCUT2D eigenvalue weighted by atomic mass is 16.3. The first-order valence-electron chi connectivity index (χ1n) is 7.73. The molecule has 5 heteroatoms. The molecule has 1 aromatic carbocycles. The van der Waals surface area contributed by atoms with E-state index in [1.807, 2.05) is 25.1 Å². The van der Waals surface area contributed by atoms with Gasteiger partial charge in [0.1, 0.15) is 6.26 Å². The summed E-state index contributed by atoms with van der Waals surface area (Å²) in [6, 6.07) is 10.1. The van der Waals surface area contributed by atoms with Crippen molar-refractivity contribution in [2.75, 3.05) is 6.54 Å². The molecule has 0 spiro atoms. The van der Waals surface area contributed by atoms with E-state index in [2.05, 4.69) is 22.4 Å². The Labute approximate surface area is 130 Å². The molecule has 1 atom stereocenters. The molecule has 2 rings (SSSR count). The van der Waals surface area contributed by atoms with E-state index in [4.69, 9.17) is 10.2 Å². The highest BCUT2D eigenvalue weighted by Crippen LogP contribution is 2.12. The number of rotatable bonds is 8. The van der Waals surface area contributed by atoms with Crippen LogP contribution in [0.25, 0.3) is 0 Å². The average molecular weight is 301 g/mol. The van der Waals surface area contributed by atoms with E-state index >= 15 is 0 Å². The predicted octanol–water partition coefficient (Wildman–Crippen LogP) is 2.84. The van der Waals surface area contributed by atoms with Gasteiger partial charge in [-0.15, -0.1) is 0 Å². The van der Waals surface area contributed by atoms with Gasteiger partial charge in [-0.1, -0.05) is 37.3 Å². The number of benzene rings is 1. The zero-order valence-corrected chi connectivity index (χ0v) is 12.9. The monoisotopic (exact) mass is 301 g/mol. The van der Waals surface area contributed by atoms with Gasteiger partial charge in [-0.05, 0) is 31.2 Å². The van der Waals surface area contributed by atoms with E-state index in [0.717, 1.165) is 25.7 Å². The Balaban J connectivity index is 1.68. The Morgan fingerprint density at radius 2 is 2.09 bits per heavy atom. The maximum Gasteiger partial charge on any atom is 0.273 e. The largest absolute Gasteiger partial charge is 0.446 e. The van der Waals surface area contributed by atoms with E-state index < -0.39 is 0 Å². The van der Waals surface area contributed by atoms with E-state index in [9.17, 15) is 4.79 Å². The molecular weight excluding hydrogens is 278 g/mol. The van der Waals surface area contributed by atoms with Crippen LogP contribution in [0.15, 0.2) is 41.0 Å². The molecule has 0 aliphatic rings. The standard InChI is InChI=1S/C17H23N3O2/c1-2-14(18)17-20-15(12-22-17)16(21)19-11-7-6-10-13-8-4-3-5-9-13/h3-5,8-9,12,14H,2,6-7,10-11,18H2,1H3,(H,19,21). The van der Waals surface area contributed by atoms with E-state index in [0.29, 0.717) is 18.1 Å². The maximum atomic E-state index is 11.9. The molecule has 5 nitrogen and oxygen atoms in total. The van der Waals surface area contributed by atoms with Crippen molar-refractivity contribution in [3.05, 3.63) is 53.7 Å². The number of nitrogens with zero attached hydrogens (tertiary/aromatic N) is 1. The van der Waals surface area contributed by atoms with Crippen LogP contribution < -0.4 is 11.1 Å². The van der Waals surface area contributed by atoms with Crippen LogP contribution in [-0.4, -0.2) is 17.4 Å². The fourth-order valence-corrected chi connectivity index (χ4v) is 2.13. The van der Waals surface area contributed by atoms with Crippen molar-refractivity contribution in [1.82, 2.24) is 10.3 Å². The van der Waals surface area contributed by atoms with Crippen LogP contribution in [0.4, 0.5) is 0 Å². The summed E-state index contributed by atoms with van der Waals surface area (Å²) in [6.07, 6.45) is 5.08. The number of carbonyl (C=O) groups is 1. The molecule has 0 saturated heterocycles. The molecule has 1 aromatic heterocycles. The highest BCUT2D eigenvalue weighted by molar-refractivity contribution is 5.91. The number of hydrogen-bond donors (Lipinski definition) is 2. The van der Waals surface area contributed by atoms with Gasteiger partial charge < -0.3 is 15.5 Å². The van der Waals surface area contributed by atoms with Gasteiger partial charge in [0, 0.05) is 6.54 Å². The molecule has 118 valence electrons. The first-order chi connectivity index (χ1) is 10.7. The number of nitrogens with two attached hydrogens (primary N) is 1. The highest BCUT2D eigenvalue weighted by Gasteiger charge is 2.15. The molecule has 1 heterocycles. The lowest BCUT2D eigenvalue weighted by Crippen LogP contribution is -2.25. The Hall–Kier alpha value is -2.14. The minimum Gasteiger partial charge on any atom is -0.446 e. The summed E-state index contributed by atoms with van der Waals surface area (Å²) in [4.78, 5) is 16.1. The second kappa shape index (κ2) is 8.34. The minimum atomic E-state index is -0.257. The van der Waals surface area contributed by atoms with Crippen molar-refractivity contribution >= 4 is 5.91 Å². The van der Waals surface area contributed by atoms with E-state index in [1.54, 1.807) is 0 Å². The summed E-state index contributed by atoms with van der Waals surface area (Å²) in [7, 11) is 0. The van der Waals surface area contributed by atoms with Crippen LogP contribution in [0.2, 0.25) is 0 Å². The fraction of sp³-hybridized carbons (Fsp3) is 0.412. The fourth-order valence-electron chi connectivity index (χ4n) is 2.13. The van der Waals surface area contributed by atoms with Crippen LogP contribution >= 0.6 is 0 Å². The molecule has 0 bridgehead atoms. The first-order valence-corrected chi connectivity index (χ1v) is 7.73. The van der Waals surface area contributed by atoms with Gasteiger partial charge in [0.2, 0.25) is 5.89 Å². The van der Waals surface area contributed by atoms with Gasteiger partial charge in [-0.2, -0.15) is 0 Å². The summed E-state index contributed by atoms with van der Waals surface area (Å²) >= 11 is 0. The van der Waals surface area contributed by atoms with Crippen molar-refractivity contribution in [2.45, 2.75) is 38.6 Å². The Bertz CT molecular complexity index is 581. The lowest BCUT2D eigenvalue weighted by molar-refractivity contribution is 0.0948. The van der Waals surface area contributed by atoms with Gasteiger partial charge in [0.25, 0.3) is 5.91 Å². The topological polar surface area (TPSA) is 81.1 Å². The molecule has 22 heavy (non-hydrogen) atoms.